The molecule has 0 spiro atoms. The number of nitrogens with one attached hydrogen (secondary N) is 2. The standard InChI is InChI=1S/C18H25N5O6/c19-18-22-15-11(16(27)23-18)9-10(20-15)5-3-1-2-4-6-13(24)21-12(17(28)29)7-8-14(25)26/h9,11-12H,1-8H2,(H,21,24)(H,25,26)(H,28,29)(H3,19,20,22,23,27)/t11?,12-/m1/s1. The minimum absolute atomic E-state index is 0.0472. The molecule has 0 saturated heterocycles. The molecule has 2 amide bonds. The highest BCUT2D eigenvalue weighted by molar-refractivity contribution is 6.18. The first-order chi connectivity index (χ1) is 13.8. The van der Waals surface area contributed by atoms with Gasteiger partial charge in [0.25, 0.3) is 0 Å². The Labute approximate surface area is 167 Å². The first-order valence-electron chi connectivity index (χ1n) is 9.44. The highest BCUT2D eigenvalue weighted by Gasteiger charge is 2.31. The molecule has 0 saturated carbocycles. The first-order valence-corrected chi connectivity index (χ1v) is 9.44. The average molecular weight is 407 g/mol. The maximum Gasteiger partial charge on any atom is 0.326 e. The van der Waals surface area contributed by atoms with Crippen molar-refractivity contribution >= 4 is 35.5 Å². The van der Waals surface area contributed by atoms with Crippen LogP contribution in [-0.4, -0.2) is 51.8 Å². The number of amides is 2. The van der Waals surface area contributed by atoms with E-state index in [1.165, 1.54) is 0 Å². The molecule has 0 aromatic heterocycles. The van der Waals surface area contributed by atoms with E-state index in [2.05, 4.69) is 20.6 Å². The van der Waals surface area contributed by atoms with Crippen LogP contribution in [0, 0.1) is 5.92 Å². The largest absolute Gasteiger partial charge is 0.481 e. The summed E-state index contributed by atoms with van der Waals surface area (Å²) in [6.45, 7) is 0. The van der Waals surface area contributed by atoms with E-state index in [-0.39, 0.29) is 31.1 Å². The Morgan fingerprint density at radius 1 is 1.14 bits per heavy atom. The Morgan fingerprint density at radius 3 is 2.55 bits per heavy atom. The quantitative estimate of drug-likeness (QED) is 0.284. The van der Waals surface area contributed by atoms with Crippen LogP contribution in [0.3, 0.4) is 0 Å². The van der Waals surface area contributed by atoms with Gasteiger partial charge in [-0.3, -0.25) is 19.7 Å². The molecule has 0 radical (unpaired) electrons. The van der Waals surface area contributed by atoms with Crippen molar-refractivity contribution in [1.29, 1.82) is 0 Å². The molecule has 29 heavy (non-hydrogen) atoms. The summed E-state index contributed by atoms with van der Waals surface area (Å²) in [5, 5.41) is 22.5. The summed E-state index contributed by atoms with van der Waals surface area (Å²) in [5.74, 6) is -3.02. The van der Waals surface area contributed by atoms with Gasteiger partial charge in [-0.05, 0) is 31.8 Å². The number of fused-ring (bicyclic) bond motifs is 1. The molecule has 0 fully saturated rings. The molecule has 11 nitrogen and oxygen atoms in total. The lowest BCUT2D eigenvalue weighted by Crippen LogP contribution is -2.46. The summed E-state index contributed by atoms with van der Waals surface area (Å²) in [5.41, 5.74) is 6.30. The van der Waals surface area contributed by atoms with Crippen molar-refractivity contribution in [3.05, 3.63) is 11.8 Å². The summed E-state index contributed by atoms with van der Waals surface area (Å²) < 4.78 is 0. The van der Waals surface area contributed by atoms with Gasteiger partial charge in [0.15, 0.2) is 0 Å². The zero-order chi connectivity index (χ0) is 21.4. The number of guanidine groups is 1. The third-order valence-corrected chi connectivity index (χ3v) is 4.53. The smallest absolute Gasteiger partial charge is 0.326 e. The molecule has 158 valence electrons. The average Bonchev–Trinajstić information content (AvgIpc) is 3.04. The molecule has 2 atom stereocenters. The van der Waals surface area contributed by atoms with E-state index in [9.17, 15) is 19.2 Å². The fourth-order valence-corrected chi connectivity index (χ4v) is 3.04. The zero-order valence-electron chi connectivity index (χ0n) is 15.9. The van der Waals surface area contributed by atoms with Crippen LogP contribution in [-0.2, 0) is 19.2 Å². The molecular formula is C18H25N5O6. The summed E-state index contributed by atoms with van der Waals surface area (Å²) in [6, 6.07) is -1.19. The summed E-state index contributed by atoms with van der Waals surface area (Å²) in [7, 11) is 0. The van der Waals surface area contributed by atoms with Gasteiger partial charge in [-0.15, -0.1) is 0 Å². The minimum Gasteiger partial charge on any atom is -0.481 e. The second-order valence-electron chi connectivity index (χ2n) is 6.90. The lowest BCUT2D eigenvalue weighted by molar-refractivity contribution is -0.143. The zero-order valence-corrected chi connectivity index (χ0v) is 15.9. The molecule has 1 unspecified atom stereocenters. The SMILES string of the molecule is NC1=NC2=NC(CCCCCCC(=O)N[C@H](CCC(=O)O)C(=O)O)=CC2C(=O)N1. The number of rotatable bonds is 12. The Balaban J connectivity index is 1.62. The number of unbranched alkanes of at least 4 members (excludes halogenated alkanes) is 3. The van der Waals surface area contributed by atoms with E-state index < -0.39 is 29.8 Å². The van der Waals surface area contributed by atoms with E-state index in [1.54, 1.807) is 6.08 Å². The number of hydrogen-bond donors (Lipinski definition) is 5. The third kappa shape index (κ3) is 7.01. The third-order valence-electron chi connectivity index (χ3n) is 4.53. The van der Waals surface area contributed by atoms with Crippen LogP contribution >= 0.6 is 0 Å². The van der Waals surface area contributed by atoms with Gasteiger partial charge in [-0.25, -0.2) is 9.79 Å². The molecular weight excluding hydrogens is 382 g/mol. The van der Waals surface area contributed by atoms with Gasteiger partial charge in [0.1, 0.15) is 17.8 Å². The maximum absolute atomic E-state index is 11.8. The summed E-state index contributed by atoms with van der Waals surface area (Å²) >= 11 is 0. The van der Waals surface area contributed by atoms with Gasteiger partial charge in [0, 0.05) is 18.5 Å². The van der Waals surface area contributed by atoms with Crippen LogP contribution in [0.1, 0.15) is 51.4 Å². The number of carboxylic acid groups (broad SMARTS) is 2. The fourth-order valence-electron chi connectivity index (χ4n) is 3.04. The number of hydrogen-bond acceptors (Lipinski definition) is 7. The van der Waals surface area contributed by atoms with E-state index in [4.69, 9.17) is 15.9 Å². The van der Waals surface area contributed by atoms with Crippen LogP contribution < -0.4 is 16.4 Å². The number of carboxylic acids is 2. The minimum atomic E-state index is -1.24. The van der Waals surface area contributed by atoms with E-state index in [0.717, 1.165) is 25.0 Å². The molecule has 11 heteroatoms. The van der Waals surface area contributed by atoms with Gasteiger partial charge in [0.2, 0.25) is 17.8 Å². The second-order valence-corrected chi connectivity index (χ2v) is 6.90. The van der Waals surface area contributed by atoms with Crippen LogP contribution in [0.2, 0.25) is 0 Å². The molecule has 0 aromatic carbocycles. The van der Waals surface area contributed by atoms with E-state index in [0.29, 0.717) is 18.7 Å². The van der Waals surface area contributed by atoms with Crippen LogP contribution in [0.4, 0.5) is 0 Å². The van der Waals surface area contributed by atoms with Crippen molar-refractivity contribution in [3.63, 3.8) is 0 Å². The van der Waals surface area contributed by atoms with Crippen molar-refractivity contribution in [2.24, 2.45) is 21.6 Å². The fraction of sp³-hybridized carbons (Fsp3) is 0.556. The molecule has 2 heterocycles. The lowest BCUT2D eigenvalue weighted by Gasteiger charge is -2.14. The van der Waals surface area contributed by atoms with Gasteiger partial charge in [-0.1, -0.05) is 12.8 Å². The lowest BCUT2D eigenvalue weighted by atomic mass is 10.1. The highest BCUT2D eigenvalue weighted by Crippen LogP contribution is 2.24. The van der Waals surface area contributed by atoms with Crippen molar-refractivity contribution < 1.29 is 29.4 Å². The number of aliphatic carboxylic acids is 2. The number of carbonyl (C=O) groups excluding carboxylic acids is 2. The predicted octanol–water partition coefficient (Wildman–Crippen LogP) is 0.118. The van der Waals surface area contributed by atoms with Crippen molar-refractivity contribution in [1.82, 2.24) is 10.6 Å². The summed E-state index contributed by atoms with van der Waals surface area (Å²) in [6.07, 6.45) is 5.21. The van der Waals surface area contributed by atoms with Gasteiger partial charge >= 0.3 is 11.9 Å². The number of carbonyl (C=O) groups is 4. The van der Waals surface area contributed by atoms with Crippen LogP contribution in [0.25, 0.3) is 0 Å². The van der Waals surface area contributed by atoms with Crippen molar-refractivity contribution in [2.75, 3.05) is 0 Å². The normalized spacial score (nSPS) is 18.7. The summed E-state index contributed by atoms with van der Waals surface area (Å²) in [4.78, 5) is 53.6. The predicted molar refractivity (Wildman–Crippen MR) is 103 cm³/mol. The van der Waals surface area contributed by atoms with Crippen LogP contribution in [0.5, 0.6) is 0 Å². The number of aliphatic imine (C=N–C) groups is 2. The molecule has 6 N–H and O–H groups in total. The molecule has 2 rings (SSSR count). The second kappa shape index (κ2) is 10.3. The molecule has 0 bridgehead atoms. The Kier molecular flexibility index (Phi) is 7.87. The first kappa shape index (κ1) is 22.1. The van der Waals surface area contributed by atoms with E-state index in [1.807, 2.05) is 0 Å². The maximum atomic E-state index is 11.8. The molecule has 0 aromatic rings. The van der Waals surface area contributed by atoms with Crippen LogP contribution in [0.15, 0.2) is 21.8 Å². The van der Waals surface area contributed by atoms with Crippen molar-refractivity contribution in [2.45, 2.75) is 57.4 Å². The van der Waals surface area contributed by atoms with Gasteiger partial charge < -0.3 is 21.3 Å². The molecule has 2 aliphatic heterocycles. The Morgan fingerprint density at radius 2 is 1.86 bits per heavy atom. The number of nitrogens with two attached hydrogens (primary N) is 1. The van der Waals surface area contributed by atoms with Crippen molar-refractivity contribution in [3.8, 4) is 0 Å². The number of allylic oxidation sites excluding steroid dienone is 1. The van der Waals surface area contributed by atoms with Gasteiger partial charge in [0.05, 0.1) is 0 Å². The number of nitrogens with zero attached hydrogens (tertiary/aromatic N) is 2. The number of amidine groups is 1. The van der Waals surface area contributed by atoms with Gasteiger partial charge in [-0.2, -0.15) is 4.99 Å². The Hall–Kier alpha value is -3.24. The molecule has 0 aliphatic carbocycles. The highest BCUT2D eigenvalue weighted by atomic mass is 16.4. The van der Waals surface area contributed by atoms with E-state index >= 15 is 0 Å². The Bertz CT molecular complexity index is 773. The topological polar surface area (TPSA) is 184 Å². The molecule has 2 aliphatic rings. The monoisotopic (exact) mass is 407 g/mol.